The molecule has 0 saturated carbocycles. The van der Waals surface area contributed by atoms with E-state index in [1.807, 2.05) is 37.3 Å². The highest BCUT2D eigenvalue weighted by Gasteiger charge is 2.18. The summed E-state index contributed by atoms with van der Waals surface area (Å²) in [5.41, 5.74) is 7.69. The SMILES string of the molecule is Cc1ccc(N(CCC#N)C(=O)c2cccc(C(N)=O)c2)cc1. The van der Waals surface area contributed by atoms with Crippen molar-refractivity contribution in [2.45, 2.75) is 13.3 Å². The second-order valence-electron chi connectivity index (χ2n) is 5.15. The van der Waals surface area contributed by atoms with Gasteiger partial charge in [0.05, 0.1) is 12.5 Å². The molecule has 0 radical (unpaired) electrons. The number of hydrogen-bond donors (Lipinski definition) is 1. The molecule has 2 aromatic carbocycles. The van der Waals surface area contributed by atoms with Crippen molar-refractivity contribution in [1.29, 1.82) is 5.26 Å². The van der Waals surface area contributed by atoms with Crippen molar-refractivity contribution < 1.29 is 9.59 Å². The van der Waals surface area contributed by atoms with E-state index in [4.69, 9.17) is 11.0 Å². The number of rotatable bonds is 5. The standard InChI is InChI=1S/C18H17N3O2/c1-13-6-8-16(9-7-13)21(11-3-10-19)18(23)15-5-2-4-14(12-15)17(20)22/h2,4-9,12H,3,11H2,1H3,(H2,20,22). The van der Waals surface area contributed by atoms with E-state index >= 15 is 0 Å². The molecule has 5 heteroatoms. The summed E-state index contributed by atoms with van der Waals surface area (Å²) >= 11 is 0. The first-order valence-corrected chi connectivity index (χ1v) is 7.18. The lowest BCUT2D eigenvalue weighted by molar-refractivity contribution is 0.0987. The first-order chi connectivity index (χ1) is 11.0. The minimum Gasteiger partial charge on any atom is -0.366 e. The second kappa shape index (κ2) is 7.23. The minimum absolute atomic E-state index is 0.217. The number of amides is 2. The Morgan fingerprint density at radius 2 is 1.78 bits per heavy atom. The van der Waals surface area contributed by atoms with Crippen LogP contribution in [-0.4, -0.2) is 18.4 Å². The minimum atomic E-state index is -0.585. The Morgan fingerprint density at radius 3 is 2.39 bits per heavy atom. The molecular formula is C18H17N3O2. The summed E-state index contributed by atoms with van der Waals surface area (Å²) in [6.45, 7) is 2.24. The fourth-order valence-corrected chi connectivity index (χ4v) is 2.20. The molecule has 2 amide bonds. The summed E-state index contributed by atoms with van der Waals surface area (Å²) in [5.74, 6) is -0.856. The number of nitriles is 1. The van der Waals surface area contributed by atoms with Crippen molar-refractivity contribution in [2.24, 2.45) is 5.73 Å². The van der Waals surface area contributed by atoms with Gasteiger partial charge in [-0.1, -0.05) is 23.8 Å². The molecule has 0 aliphatic rings. The molecule has 2 N–H and O–H groups in total. The molecule has 23 heavy (non-hydrogen) atoms. The van der Waals surface area contributed by atoms with Crippen LogP contribution < -0.4 is 10.6 Å². The zero-order valence-electron chi connectivity index (χ0n) is 12.8. The zero-order chi connectivity index (χ0) is 16.8. The Morgan fingerprint density at radius 1 is 1.13 bits per heavy atom. The van der Waals surface area contributed by atoms with Crippen LogP contribution in [-0.2, 0) is 0 Å². The first kappa shape index (κ1) is 16.2. The third kappa shape index (κ3) is 3.95. The number of nitrogens with two attached hydrogens (primary N) is 1. The molecule has 2 rings (SSSR count). The number of aryl methyl sites for hydroxylation is 1. The van der Waals surface area contributed by atoms with Crippen LogP contribution in [0.4, 0.5) is 5.69 Å². The number of benzene rings is 2. The Kier molecular flexibility index (Phi) is 5.11. The maximum Gasteiger partial charge on any atom is 0.258 e. The lowest BCUT2D eigenvalue weighted by Gasteiger charge is -2.22. The van der Waals surface area contributed by atoms with Crippen molar-refractivity contribution in [2.75, 3.05) is 11.4 Å². The molecule has 2 aromatic rings. The highest BCUT2D eigenvalue weighted by atomic mass is 16.2. The number of carbonyl (C=O) groups excluding carboxylic acids is 2. The lowest BCUT2D eigenvalue weighted by atomic mass is 10.1. The molecule has 116 valence electrons. The molecule has 0 aliphatic heterocycles. The van der Waals surface area contributed by atoms with E-state index in [0.717, 1.165) is 5.56 Å². The number of primary amides is 1. The van der Waals surface area contributed by atoms with Crippen molar-refractivity contribution in [3.8, 4) is 6.07 Å². The van der Waals surface area contributed by atoms with E-state index in [9.17, 15) is 9.59 Å². The molecular weight excluding hydrogens is 290 g/mol. The van der Waals surface area contributed by atoms with Gasteiger partial charge in [-0.25, -0.2) is 0 Å². The van der Waals surface area contributed by atoms with Crippen LogP contribution in [0.25, 0.3) is 0 Å². The predicted octanol–water partition coefficient (Wildman–Crippen LogP) is 2.65. The Balaban J connectivity index is 2.37. The van der Waals surface area contributed by atoms with Crippen LogP contribution in [0, 0.1) is 18.3 Å². The average molecular weight is 307 g/mol. The molecule has 0 spiro atoms. The maximum atomic E-state index is 12.8. The Bertz CT molecular complexity index is 761. The van der Waals surface area contributed by atoms with Gasteiger partial charge in [-0.3, -0.25) is 9.59 Å². The van der Waals surface area contributed by atoms with E-state index in [-0.39, 0.29) is 24.4 Å². The molecule has 0 aromatic heterocycles. The molecule has 0 saturated heterocycles. The summed E-state index contributed by atoms with van der Waals surface area (Å²) < 4.78 is 0. The van der Waals surface area contributed by atoms with Gasteiger partial charge in [-0.05, 0) is 37.3 Å². The summed E-state index contributed by atoms with van der Waals surface area (Å²) in [6.07, 6.45) is 0.217. The molecule has 0 bridgehead atoms. The molecule has 0 fully saturated rings. The first-order valence-electron chi connectivity index (χ1n) is 7.18. The topological polar surface area (TPSA) is 87.2 Å². The van der Waals surface area contributed by atoms with Gasteiger partial charge in [0.25, 0.3) is 5.91 Å². The van der Waals surface area contributed by atoms with Crippen LogP contribution in [0.3, 0.4) is 0 Å². The van der Waals surface area contributed by atoms with Crippen LogP contribution in [0.15, 0.2) is 48.5 Å². The largest absolute Gasteiger partial charge is 0.366 e. The third-order valence-electron chi connectivity index (χ3n) is 3.43. The smallest absolute Gasteiger partial charge is 0.258 e. The molecule has 0 aliphatic carbocycles. The van der Waals surface area contributed by atoms with Gasteiger partial charge >= 0.3 is 0 Å². The van der Waals surface area contributed by atoms with E-state index in [0.29, 0.717) is 11.3 Å². The number of carbonyl (C=O) groups is 2. The van der Waals surface area contributed by atoms with Gasteiger partial charge < -0.3 is 10.6 Å². The van der Waals surface area contributed by atoms with Crippen LogP contribution in [0.2, 0.25) is 0 Å². The van der Waals surface area contributed by atoms with Crippen LogP contribution in [0.1, 0.15) is 32.7 Å². The van der Waals surface area contributed by atoms with Crippen molar-refractivity contribution >= 4 is 17.5 Å². The number of hydrogen-bond acceptors (Lipinski definition) is 3. The molecule has 0 atom stereocenters. The quantitative estimate of drug-likeness (QED) is 0.921. The van der Waals surface area contributed by atoms with Crippen molar-refractivity contribution in [3.63, 3.8) is 0 Å². The van der Waals surface area contributed by atoms with Crippen LogP contribution >= 0.6 is 0 Å². The van der Waals surface area contributed by atoms with Crippen molar-refractivity contribution in [3.05, 3.63) is 65.2 Å². The maximum absolute atomic E-state index is 12.8. The summed E-state index contributed by atoms with van der Waals surface area (Å²) in [7, 11) is 0. The fourth-order valence-electron chi connectivity index (χ4n) is 2.20. The molecule has 0 heterocycles. The van der Waals surface area contributed by atoms with E-state index in [1.54, 1.807) is 18.2 Å². The van der Waals surface area contributed by atoms with E-state index < -0.39 is 5.91 Å². The monoisotopic (exact) mass is 307 g/mol. The van der Waals surface area contributed by atoms with Gasteiger partial charge in [0.2, 0.25) is 5.91 Å². The van der Waals surface area contributed by atoms with Gasteiger partial charge in [-0.15, -0.1) is 0 Å². The van der Waals surface area contributed by atoms with Gasteiger partial charge in [0.15, 0.2) is 0 Å². The van der Waals surface area contributed by atoms with E-state index in [1.165, 1.54) is 11.0 Å². The van der Waals surface area contributed by atoms with E-state index in [2.05, 4.69) is 0 Å². The highest BCUT2D eigenvalue weighted by molar-refractivity contribution is 6.07. The summed E-state index contributed by atoms with van der Waals surface area (Å²) in [4.78, 5) is 25.6. The molecule has 0 unspecified atom stereocenters. The van der Waals surface area contributed by atoms with Crippen LogP contribution in [0.5, 0.6) is 0 Å². The second-order valence-corrected chi connectivity index (χ2v) is 5.15. The summed E-state index contributed by atoms with van der Waals surface area (Å²) in [5, 5.41) is 8.83. The highest BCUT2D eigenvalue weighted by Crippen LogP contribution is 2.19. The average Bonchev–Trinajstić information content (AvgIpc) is 2.56. The van der Waals surface area contributed by atoms with Gasteiger partial charge in [0.1, 0.15) is 0 Å². The third-order valence-corrected chi connectivity index (χ3v) is 3.43. The fraction of sp³-hybridized carbons (Fsp3) is 0.167. The number of nitrogens with zero attached hydrogens (tertiary/aromatic N) is 2. The Labute approximate surface area is 134 Å². The predicted molar refractivity (Wildman–Crippen MR) is 88.0 cm³/mol. The normalized spacial score (nSPS) is 9.91. The van der Waals surface area contributed by atoms with Gasteiger partial charge in [0, 0.05) is 23.4 Å². The zero-order valence-corrected chi connectivity index (χ0v) is 12.8. The number of anilines is 1. The lowest BCUT2D eigenvalue weighted by Crippen LogP contribution is -2.32. The molecule has 5 nitrogen and oxygen atoms in total. The van der Waals surface area contributed by atoms with Gasteiger partial charge in [-0.2, -0.15) is 5.26 Å². The van der Waals surface area contributed by atoms with Crippen molar-refractivity contribution in [1.82, 2.24) is 0 Å². The Hall–Kier alpha value is -3.13. The summed E-state index contributed by atoms with van der Waals surface area (Å²) in [6, 6.07) is 15.8.